The van der Waals surface area contributed by atoms with Crippen LogP contribution < -0.4 is 0 Å². The number of rotatable bonds is 1. The van der Waals surface area contributed by atoms with Gasteiger partial charge in [0.15, 0.2) is 0 Å². The smallest absolute Gasteiger partial charge is 0.108 e. The summed E-state index contributed by atoms with van der Waals surface area (Å²) in [6.07, 6.45) is 0.241. The van der Waals surface area contributed by atoms with E-state index in [4.69, 9.17) is 4.74 Å². The molecule has 0 amide bonds. The highest BCUT2D eigenvalue weighted by Crippen LogP contribution is 2.27. The Labute approximate surface area is 79.1 Å². The van der Waals surface area contributed by atoms with E-state index in [-0.39, 0.29) is 6.23 Å². The molecule has 2 rings (SSSR count). The second-order valence-electron chi connectivity index (χ2n) is 3.52. The Morgan fingerprint density at radius 2 is 2.00 bits per heavy atom. The van der Waals surface area contributed by atoms with Crippen LogP contribution in [0.15, 0.2) is 30.3 Å². The Bertz CT molecular complexity index is 273. The van der Waals surface area contributed by atoms with Crippen LogP contribution in [0, 0.1) is 0 Å². The maximum absolute atomic E-state index is 5.56. The van der Waals surface area contributed by atoms with E-state index in [1.807, 2.05) is 6.07 Å². The summed E-state index contributed by atoms with van der Waals surface area (Å²) >= 11 is 0. The predicted octanol–water partition coefficient (Wildman–Crippen LogP) is 2.04. The molecule has 0 aromatic heterocycles. The molecule has 1 unspecified atom stereocenters. The van der Waals surface area contributed by atoms with Crippen molar-refractivity contribution in [1.29, 1.82) is 0 Å². The number of benzene rings is 1. The lowest BCUT2D eigenvalue weighted by Crippen LogP contribution is -2.25. The van der Waals surface area contributed by atoms with Crippen LogP contribution in [0.25, 0.3) is 0 Å². The van der Waals surface area contributed by atoms with Crippen LogP contribution in [0.2, 0.25) is 0 Å². The first-order valence-corrected chi connectivity index (χ1v) is 4.67. The normalized spacial score (nSPS) is 29.4. The Morgan fingerprint density at radius 3 is 2.54 bits per heavy atom. The molecule has 2 atom stereocenters. The summed E-state index contributed by atoms with van der Waals surface area (Å²) in [6.45, 7) is 2.89. The highest BCUT2D eigenvalue weighted by atomic mass is 16.5. The molecule has 0 bridgehead atoms. The summed E-state index contributed by atoms with van der Waals surface area (Å²) in [6, 6.07) is 10.9. The van der Waals surface area contributed by atoms with Crippen molar-refractivity contribution in [2.45, 2.75) is 19.2 Å². The van der Waals surface area contributed by atoms with Crippen molar-refractivity contribution in [3.63, 3.8) is 0 Å². The first kappa shape index (κ1) is 8.73. The Balaban J connectivity index is 2.19. The molecule has 2 heteroatoms. The van der Waals surface area contributed by atoms with Gasteiger partial charge in [0.05, 0.1) is 12.6 Å². The van der Waals surface area contributed by atoms with Crippen LogP contribution >= 0.6 is 0 Å². The largest absolute Gasteiger partial charge is 0.361 e. The Hall–Kier alpha value is -0.860. The van der Waals surface area contributed by atoms with Gasteiger partial charge in [-0.2, -0.15) is 0 Å². The summed E-state index contributed by atoms with van der Waals surface area (Å²) in [7, 11) is 2.11. The summed E-state index contributed by atoms with van der Waals surface area (Å²) in [5, 5.41) is 0. The molecule has 2 nitrogen and oxygen atoms in total. The van der Waals surface area contributed by atoms with Crippen LogP contribution in [-0.2, 0) is 4.74 Å². The molecule has 1 aromatic rings. The van der Waals surface area contributed by atoms with Crippen LogP contribution in [-0.4, -0.2) is 24.8 Å². The third kappa shape index (κ3) is 1.60. The predicted molar refractivity (Wildman–Crippen MR) is 52.4 cm³/mol. The van der Waals surface area contributed by atoms with Gasteiger partial charge in [0, 0.05) is 0 Å². The monoisotopic (exact) mass is 177 g/mol. The topological polar surface area (TPSA) is 12.5 Å². The summed E-state index contributed by atoms with van der Waals surface area (Å²) < 4.78 is 5.56. The van der Waals surface area contributed by atoms with Crippen molar-refractivity contribution >= 4 is 0 Å². The zero-order valence-corrected chi connectivity index (χ0v) is 8.10. The number of hydrogen-bond donors (Lipinski definition) is 0. The lowest BCUT2D eigenvalue weighted by Gasteiger charge is -2.20. The van der Waals surface area contributed by atoms with Crippen molar-refractivity contribution in [1.82, 2.24) is 4.90 Å². The minimum absolute atomic E-state index is 0.241. The average Bonchev–Trinajstić information content (AvgIpc) is 2.49. The minimum atomic E-state index is 0.241. The molecular weight excluding hydrogens is 162 g/mol. The fraction of sp³-hybridized carbons (Fsp3) is 0.455. The van der Waals surface area contributed by atoms with E-state index in [0.717, 1.165) is 6.61 Å². The van der Waals surface area contributed by atoms with Gasteiger partial charge in [-0.3, -0.25) is 4.90 Å². The van der Waals surface area contributed by atoms with Crippen LogP contribution in [0.3, 0.4) is 0 Å². The fourth-order valence-electron chi connectivity index (χ4n) is 1.73. The highest BCUT2D eigenvalue weighted by Gasteiger charge is 2.28. The molecule has 1 fully saturated rings. The molecule has 0 N–H and O–H groups in total. The van der Waals surface area contributed by atoms with E-state index >= 15 is 0 Å². The third-order valence-electron chi connectivity index (χ3n) is 2.74. The van der Waals surface area contributed by atoms with Crippen molar-refractivity contribution in [3.05, 3.63) is 35.9 Å². The Morgan fingerprint density at radius 1 is 1.31 bits per heavy atom. The van der Waals surface area contributed by atoms with E-state index in [1.165, 1.54) is 5.56 Å². The molecular formula is C11H15NO. The molecule has 70 valence electrons. The van der Waals surface area contributed by atoms with E-state index in [9.17, 15) is 0 Å². The van der Waals surface area contributed by atoms with Gasteiger partial charge in [0.2, 0.25) is 0 Å². The lowest BCUT2D eigenvalue weighted by molar-refractivity contribution is 0.0606. The number of nitrogens with zero attached hydrogens (tertiary/aromatic N) is 1. The third-order valence-corrected chi connectivity index (χ3v) is 2.74. The van der Waals surface area contributed by atoms with E-state index < -0.39 is 0 Å². The van der Waals surface area contributed by atoms with Gasteiger partial charge in [0.25, 0.3) is 0 Å². The van der Waals surface area contributed by atoms with Crippen molar-refractivity contribution in [3.8, 4) is 0 Å². The standard InChI is InChI=1S/C11H15NO/c1-9-12(2)11(8-13-9)10-6-4-3-5-7-10/h3-7,9,11H,8H2,1-2H3/t9?,11-/m0/s1. The van der Waals surface area contributed by atoms with E-state index in [0.29, 0.717) is 6.04 Å². The first-order valence-electron chi connectivity index (χ1n) is 4.67. The second-order valence-corrected chi connectivity index (χ2v) is 3.52. The molecule has 13 heavy (non-hydrogen) atoms. The van der Waals surface area contributed by atoms with Crippen molar-refractivity contribution in [2.24, 2.45) is 0 Å². The molecule has 0 saturated carbocycles. The number of hydrogen-bond acceptors (Lipinski definition) is 2. The quantitative estimate of drug-likeness (QED) is 0.651. The van der Waals surface area contributed by atoms with Gasteiger partial charge in [-0.1, -0.05) is 30.3 Å². The maximum Gasteiger partial charge on any atom is 0.108 e. The van der Waals surface area contributed by atoms with Crippen molar-refractivity contribution in [2.75, 3.05) is 13.7 Å². The summed E-state index contributed by atoms with van der Waals surface area (Å²) in [5.41, 5.74) is 1.34. The molecule has 0 spiro atoms. The van der Waals surface area contributed by atoms with Gasteiger partial charge >= 0.3 is 0 Å². The lowest BCUT2D eigenvalue weighted by atomic mass is 10.1. The van der Waals surface area contributed by atoms with E-state index in [1.54, 1.807) is 0 Å². The zero-order chi connectivity index (χ0) is 9.26. The molecule has 0 radical (unpaired) electrons. The maximum atomic E-state index is 5.56. The highest BCUT2D eigenvalue weighted by molar-refractivity contribution is 5.19. The average molecular weight is 177 g/mol. The van der Waals surface area contributed by atoms with Crippen LogP contribution in [0.5, 0.6) is 0 Å². The Kier molecular flexibility index (Phi) is 2.34. The summed E-state index contributed by atoms with van der Waals surface area (Å²) in [5.74, 6) is 0. The molecule has 1 aliphatic heterocycles. The van der Waals surface area contributed by atoms with E-state index in [2.05, 4.69) is 43.1 Å². The van der Waals surface area contributed by atoms with Gasteiger partial charge < -0.3 is 4.74 Å². The molecule has 0 aliphatic carbocycles. The van der Waals surface area contributed by atoms with Gasteiger partial charge in [0.1, 0.15) is 6.23 Å². The zero-order valence-electron chi connectivity index (χ0n) is 8.10. The second kappa shape index (κ2) is 3.48. The molecule has 1 saturated heterocycles. The summed E-state index contributed by atoms with van der Waals surface area (Å²) in [4.78, 5) is 2.26. The van der Waals surface area contributed by atoms with Gasteiger partial charge in [-0.25, -0.2) is 0 Å². The van der Waals surface area contributed by atoms with Crippen molar-refractivity contribution < 1.29 is 4.74 Å². The van der Waals surface area contributed by atoms with Gasteiger partial charge in [-0.05, 0) is 19.5 Å². The number of ether oxygens (including phenoxy) is 1. The molecule has 1 aliphatic rings. The van der Waals surface area contributed by atoms with Gasteiger partial charge in [-0.15, -0.1) is 0 Å². The van der Waals surface area contributed by atoms with Crippen LogP contribution in [0.4, 0.5) is 0 Å². The number of likely N-dealkylation sites (N-methyl/N-ethyl adjacent to an activating group) is 1. The fourth-order valence-corrected chi connectivity index (χ4v) is 1.73. The minimum Gasteiger partial charge on any atom is -0.361 e. The molecule has 1 heterocycles. The SMILES string of the molecule is CC1OC[C@@H](c2ccccc2)N1C. The first-order chi connectivity index (χ1) is 6.29. The molecule has 1 aromatic carbocycles. The van der Waals surface area contributed by atoms with Crippen LogP contribution in [0.1, 0.15) is 18.5 Å².